The number of aromatic nitrogens is 3. The summed E-state index contributed by atoms with van der Waals surface area (Å²) in [6, 6.07) is 16.1. The zero-order valence-electron chi connectivity index (χ0n) is 19.3. The lowest BCUT2D eigenvalue weighted by molar-refractivity contribution is 0.0698. The summed E-state index contributed by atoms with van der Waals surface area (Å²) in [6.07, 6.45) is 6.83. The quantitative estimate of drug-likeness (QED) is 0.594. The highest BCUT2D eigenvalue weighted by atomic mass is 16.2. The van der Waals surface area contributed by atoms with Gasteiger partial charge in [0, 0.05) is 49.6 Å². The van der Waals surface area contributed by atoms with Crippen LogP contribution in [-0.2, 0) is 12.8 Å². The first-order valence-electron chi connectivity index (χ1n) is 12.1. The Hall–Kier alpha value is -3.28. The summed E-state index contributed by atoms with van der Waals surface area (Å²) in [7, 11) is 0. The van der Waals surface area contributed by atoms with Crippen molar-refractivity contribution in [1.82, 2.24) is 19.9 Å². The lowest BCUT2D eigenvalue weighted by Crippen LogP contribution is -2.40. The summed E-state index contributed by atoms with van der Waals surface area (Å²) < 4.78 is 0. The van der Waals surface area contributed by atoms with Crippen LogP contribution in [0.4, 0.5) is 5.82 Å². The van der Waals surface area contributed by atoms with Crippen LogP contribution in [0.15, 0.2) is 54.7 Å². The van der Waals surface area contributed by atoms with Gasteiger partial charge < -0.3 is 9.80 Å². The summed E-state index contributed by atoms with van der Waals surface area (Å²) in [4.78, 5) is 31.6. The van der Waals surface area contributed by atoms with Gasteiger partial charge in [-0.2, -0.15) is 0 Å². The van der Waals surface area contributed by atoms with Crippen molar-refractivity contribution in [3.05, 3.63) is 83.1 Å². The molecule has 0 radical (unpaired) electrons. The maximum atomic E-state index is 13.0. The monoisotopic (exact) mass is 441 g/mol. The van der Waals surface area contributed by atoms with Crippen LogP contribution in [-0.4, -0.2) is 51.9 Å². The molecule has 1 saturated heterocycles. The summed E-state index contributed by atoms with van der Waals surface area (Å²) >= 11 is 0. The normalized spacial score (nSPS) is 18.2. The van der Waals surface area contributed by atoms with Crippen LogP contribution in [0.2, 0.25) is 0 Å². The average Bonchev–Trinajstić information content (AvgIpc) is 2.88. The fourth-order valence-electron chi connectivity index (χ4n) is 5.04. The Morgan fingerprint density at radius 2 is 1.88 bits per heavy atom. The van der Waals surface area contributed by atoms with Gasteiger partial charge in [-0.3, -0.25) is 9.78 Å². The maximum Gasteiger partial charge on any atom is 0.272 e. The molecule has 1 amide bonds. The molecule has 0 bridgehead atoms. The molecule has 1 atom stereocenters. The lowest BCUT2D eigenvalue weighted by atomic mass is 9.95. The van der Waals surface area contributed by atoms with Gasteiger partial charge >= 0.3 is 0 Å². The molecular formula is C27H31N5O. The smallest absolute Gasteiger partial charge is 0.272 e. The number of hydrogen-bond acceptors (Lipinski definition) is 5. The van der Waals surface area contributed by atoms with Crippen LogP contribution in [0.3, 0.4) is 0 Å². The van der Waals surface area contributed by atoms with Gasteiger partial charge in [0.2, 0.25) is 0 Å². The number of rotatable bonds is 5. The van der Waals surface area contributed by atoms with Gasteiger partial charge in [-0.25, -0.2) is 9.97 Å². The number of nitrogens with zero attached hydrogens (tertiary/aromatic N) is 5. The number of pyridine rings is 1. The number of amides is 1. The highest BCUT2D eigenvalue weighted by Gasteiger charge is 2.30. The molecule has 0 spiro atoms. The maximum absolute atomic E-state index is 13.0. The first-order chi connectivity index (χ1) is 16.2. The number of carbonyl (C=O) groups excluding carboxylic acids is 1. The Bertz CT molecular complexity index is 1100. The highest BCUT2D eigenvalue weighted by Crippen LogP contribution is 2.32. The Labute approximate surface area is 195 Å². The standard InChI is InChI=1S/C27H31N5O/c1-20-23-12-8-16-31(18-14-21-9-3-2-4-10-21)26(23)30-25(29-20)22-11-7-17-32(19-22)27(33)24-13-5-6-15-28-24/h2-6,9-10,13,15,22H,7-8,11-12,14,16-19H2,1H3/t22-/m1/s1. The third-order valence-corrected chi connectivity index (χ3v) is 6.83. The molecular weight excluding hydrogens is 410 g/mol. The van der Waals surface area contributed by atoms with Crippen molar-refractivity contribution in [2.75, 3.05) is 31.1 Å². The largest absolute Gasteiger partial charge is 0.356 e. The van der Waals surface area contributed by atoms with E-state index in [1.54, 1.807) is 12.3 Å². The zero-order valence-corrected chi connectivity index (χ0v) is 19.3. The van der Waals surface area contributed by atoms with E-state index in [-0.39, 0.29) is 11.8 Å². The second kappa shape index (κ2) is 9.69. The molecule has 33 heavy (non-hydrogen) atoms. The van der Waals surface area contributed by atoms with Crippen molar-refractivity contribution in [3.63, 3.8) is 0 Å². The van der Waals surface area contributed by atoms with Crippen molar-refractivity contribution >= 4 is 11.7 Å². The van der Waals surface area contributed by atoms with E-state index in [4.69, 9.17) is 9.97 Å². The molecule has 2 aliphatic heterocycles. The number of carbonyl (C=O) groups is 1. The minimum absolute atomic E-state index is 0.000491. The number of anilines is 1. The van der Waals surface area contributed by atoms with Crippen LogP contribution in [0.5, 0.6) is 0 Å². The second-order valence-electron chi connectivity index (χ2n) is 9.10. The van der Waals surface area contributed by atoms with E-state index in [9.17, 15) is 4.79 Å². The second-order valence-corrected chi connectivity index (χ2v) is 9.10. The van der Waals surface area contributed by atoms with Crippen molar-refractivity contribution in [1.29, 1.82) is 0 Å². The first kappa shape index (κ1) is 21.6. The lowest BCUT2D eigenvalue weighted by Gasteiger charge is -2.34. The Balaban J connectivity index is 1.35. The fourth-order valence-corrected chi connectivity index (χ4v) is 5.04. The topological polar surface area (TPSA) is 62.2 Å². The van der Waals surface area contributed by atoms with E-state index in [1.807, 2.05) is 17.0 Å². The van der Waals surface area contributed by atoms with Crippen LogP contribution < -0.4 is 4.90 Å². The van der Waals surface area contributed by atoms with Gasteiger partial charge in [-0.15, -0.1) is 0 Å². The van der Waals surface area contributed by atoms with Gasteiger partial charge in [0.1, 0.15) is 17.3 Å². The van der Waals surface area contributed by atoms with Crippen molar-refractivity contribution < 1.29 is 4.79 Å². The van der Waals surface area contributed by atoms with E-state index >= 15 is 0 Å². The van der Waals surface area contributed by atoms with Crippen molar-refractivity contribution in [2.24, 2.45) is 0 Å². The molecule has 2 aliphatic rings. The van der Waals surface area contributed by atoms with Crippen LogP contribution >= 0.6 is 0 Å². The van der Waals surface area contributed by atoms with E-state index in [0.29, 0.717) is 12.2 Å². The first-order valence-corrected chi connectivity index (χ1v) is 12.1. The van der Waals surface area contributed by atoms with E-state index in [1.165, 1.54) is 11.1 Å². The van der Waals surface area contributed by atoms with Crippen LogP contribution in [0.25, 0.3) is 0 Å². The molecule has 1 aromatic carbocycles. The molecule has 170 valence electrons. The Kier molecular flexibility index (Phi) is 6.33. The number of likely N-dealkylation sites (tertiary alicyclic amines) is 1. The predicted octanol–water partition coefficient (Wildman–Crippen LogP) is 4.20. The molecule has 0 aliphatic carbocycles. The fraction of sp³-hybridized carbons (Fsp3) is 0.407. The minimum atomic E-state index is -0.000491. The van der Waals surface area contributed by atoms with E-state index in [2.05, 4.69) is 47.1 Å². The van der Waals surface area contributed by atoms with Crippen molar-refractivity contribution in [3.8, 4) is 0 Å². The van der Waals surface area contributed by atoms with Gasteiger partial charge in [0.25, 0.3) is 5.91 Å². The Morgan fingerprint density at radius 1 is 1.03 bits per heavy atom. The number of benzene rings is 1. The SMILES string of the molecule is Cc1nc([C@@H]2CCCN(C(=O)c3ccccn3)C2)nc2c1CCCN2CCc1ccccc1. The number of hydrogen-bond donors (Lipinski definition) is 0. The summed E-state index contributed by atoms with van der Waals surface area (Å²) in [5.74, 6) is 2.15. The zero-order chi connectivity index (χ0) is 22.6. The molecule has 0 unspecified atom stereocenters. The molecule has 6 heteroatoms. The van der Waals surface area contributed by atoms with E-state index < -0.39 is 0 Å². The van der Waals surface area contributed by atoms with Gasteiger partial charge in [0.05, 0.1) is 0 Å². The molecule has 4 heterocycles. The third kappa shape index (κ3) is 4.75. The summed E-state index contributed by atoms with van der Waals surface area (Å²) in [6.45, 7) is 5.52. The van der Waals surface area contributed by atoms with Gasteiger partial charge in [-0.1, -0.05) is 36.4 Å². The number of aryl methyl sites for hydroxylation is 1. The molecule has 6 nitrogen and oxygen atoms in total. The van der Waals surface area contributed by atoms with Crippen molar-refractivity contribution in [2.45, 2.75) is 44.9 Å². The Morgan fingerprint density at radius 3 is 2.70 bits per heavy atom. The molecule has 1 fully saturated rings. The van der Waals surface area contributed by atoms with Crippen LogP contribution in [0.1, 0.15) is 58.3 Å². The molecule has 0 N–H and O–H groups in total. The molecule has 3 aromatic rings. The van der Waals surface area contributed by atoms with E-state index in [0.717, 1.165) is 69.1 Å². The minimum Gasteiger partial charge on any atom is -0.356 e. The van der Waals surface area contributed by atoms with Crippen LogP contribution in [0, 0.1) is 6.92 Å². The number of piperidine rings is 1. The average molecular weight is 442 g/mol. The predicted molar refractivity (Wildman–Crippen MR) is 130 cm³/mol. The summed E-state index contributed by atoms with van der Waals surface area (Å²) in [5, 5.41) is 0. The van der Waals surface area contributed by atoms with Gasteiger partial charge in [-0.05, 0) is 56.7 Å². The summed E-state index contributed by atoms with van der Waals surface area (Å²) in [5.41, 5.74) is 4.24. The number of fused-ring (bicyclic) bond motifs is 1. The van der Waals surface area contributed by atoms with Gasteiger partial charge in [0.15, 0.2) is 0 Å². The highest BCUT2D eigenvalue weighted by molar-refractivity contribution is 5.92. The molecule has 2 aromatic heterocycles. The molecule has 0 saturated carbocycles. The third-order valence-electron chi connectivity index (χ3n) is 6.83. The molecule has 5 rings (SSSR count).